The molecular weight excluding hydrogens is 512 g/mol. The van der Waals surface area contributed by atoms with Gasteiger partial charge < -0.3 is 9.84 Å². The van der Waals surface area contributed by atoms with Gasteiger partial charge >= 0.3 is 0 Å². The molecule has 0 unspecified atom stereocenters. The van der Waals surface area contributed by atoms with Crippen LogP contribution in [-0.4, -0.2) is 29.1 Å². The van der Waals surface area contributed by atoms with Gasteiger partial charge in [-0.25, -0.2) is 0 Å². The Hall–Kier alpha value is -2.23. The number of halogens is 2. The molecule has 144 valence electrons. The van der Waals surface area contributed by atoms with Gasteiger partial charge in [-0.15, -0.1) is 0 Å². The average Bonchev–Trinajstić information content (AvgIpc) is 2.63. The summed E-state index contributed by atoms with van der Waals surface area (Å²) >= 11 is 11.8. The topological polar surface area (TPSA) is 78.9 Å². The molecule has 2 amide bonds. The highest BCUT2D eigenvalue weighted by Crippen LogP contribution is 2.36. The first-order chi connectivity index (χ1) is 13.2. The van der Waals surface area contributed by atoms with Crippen LogP contribution in [0.25, 0.3) is 6.08 Å². The maximum Gasteiger partial charge on any atom is 0.270 e. The summed E-state index contributed by atoms with van der Waals surface area (Å²) in [5, 5.41) is 12.5. The Balaban J connectivity index is 2.08. The van der Waals surface area contributed by atoms with Crippen LogP contribution in [0.3, 0.4) is 0 Å². The average molecular weight is 526 g/mol. The number of benzene rings is 2. The molecule has 0 spiro atoms. The van der Waals surface area contributed by atoms with E-state index < -0.39 is 11.8 Å². The first-order valence-electron chi connectivity index (χ1n) is 7.97. The fourth-order valence-corrected chi connectivity index (χ4v) is 3.95. The molecule has 6 nitrogen and oxygen atoms in total. The number of anilines is 1. The van der Waals surface area contributed by atoms with Gasteiger partial charge in [-0.3, -0.25) is 19.8 Å². The number of carbonyl (C=O) groups excluding carboxylic acids is 2. The van der Waals surface area contributed by atoms with Crippen LogP contribution in [-0.2, 0) is 9.59 Å². The lowest BCUT2D eigenvalue weighted by atomic mass is 10.1. The molecule has 2 aromatic rings. The van der Waals surface area contributed by atoms with Crippen molar-refractivity contribution in [1.82, 2.24) is 5.32 Å². The predicted octanol–water partition coefficient (Wildman–Crippen LogP) is 4.07. The van der Waals surface area contributed by atoms with Crippen LogP contribution in [0.4, 0.5) is 5.69 Å². The molecule has 28 heavy (non-hydrogen) atoms. The number of ether oxygens (including phenoxy) is 1. The van der Waals surface area contributed by atoms with Crippen LogP contribution in [0, 0.1) is 6.92 Å². The summed E-state index contributed by atoms with van der Waals surface area (Å²) in [7, 11) is 1.41. The van der Waals surface area contributed by atoms with Crippen molar-refractivity contribution in [3.63, 3.8) is 0 Å². The number of phenols is 1. The van der Waals surface area contributed by atoms with Crippen molar-refractivity contribution in [3.8, 4) is 11.5 Å². The molecule has 1 aliphatic heterocycles. The monoisotopic (exact) mass is 524 g/mol. The standard InChI is InChI=1S/C19H14Br2N2O4S/c1-9-5-11(20)3-4-14(9)23-18(26)12(17(25)22-19(23)28)6-10-7-13(21)16(24)15(8-10)27-2/h3-8,24H,1-2H3,(H,22,25,28). The van der Waals surface area contributed by atoms with Gasteiger partial charge in [-0.2, -0.15) is 0 Å². The molecule has 0 radical (unpaired) electrons. The van der Waals surface area contributed by atoms with Crippen LogP contribution in [0.2, 0.25) is 0 Å². The number of hydrogen-bond acceptors (Lipinski definition) is 5. The van der Waals surface area contributed by atoms with E-state index in [0.29, 0.717) is 15.7 Å². The highest BCUT2D eigenvalue weighted by atomic mass is 79.9. The molecule has 0 aromatic heterocycles. The number of carbonyl (C=O) groups is 2. The predicted molar refractivity (Wildman–Crippen MR) is 117 cm³/mol. The summed E-state index contributed by atoms with van der Waals surface area (Å²) in [6.45, 7) is 1.84. The second-order valence-electron chi connectivity index (χ2n) is 5.94. The van der Waals surface area contributed by atoms with Crippen molar-refractivity contribution in [1.29, 1.82) is 0 Å². The van der Waals surface area contributed by atoms with E-state index in [0.717, 1.165) is 10.0 Å². The van der Waals surface area contributed by atoms with E-state index in [2.05, 4.69) is 37.2 Å². The Bertz CT molecular complexity index is 1050. The number of phenolic OH excluding ortho intramolecular Hbond substituents is 1. The maximum absolute atomic E-state index is 13.1. The zero-order valence-electron chi connectivity index (χ0n) is 14.7. The molecule has 2 N–H and O–H groups in total. The number of methoxy groups -OCH3 is 1. The Morgan fingerprint density at radius 3 is 2.57 bits per heavy atom. The molecule has 3 rings (SSSR count). The molecule has 0 atom stereocenters. The first-order valence-corrected chi connectivity index (χ1v) is 9.96. The van der Waals surface area contributed by atoms with Crippen molar-refractivity contribution in [2.75, 3.05) is 12.0 Å². The molecule has 1 saturated heterocycles. The van der Waals surface area contributed by atoms with Crippen molar-refractivity contribution in [2.24, 2.45) is 0 Å². The summed E-state index contributed by atoms with van der Waals surface area (Å²) in [4.78, 5) is 26.8. The number of thiocarbonyl (C=S) groups is 1. The number of amides is 2. The van der Waals surface area contributed by atoms with Crippen LogP contribution in [0.15, 0.2) is 44.9 Å². The van der Waals surface area contributed by atoms with Gasteiger partial charge in [0.05, 0.1) is 17.3 Å². The van der Waals surface area contributed by atoms with Gasteiger partial charge in [0.2, 0.25) is 0 Å². The largest absolute Gasteiger partial charge is 0.503 e. The number of hydrogen-bond donors (Lipinski definition) is 2. The van der Waals surface area contributed by atoms with E-state index in [1.165, 1.54) is 24.2 Å². The fourth-order valence-electron chi connectivity index (χ4n) is 2.75. The second kappa shape index (κ2) is 8.02. The lowest BCUT2D eigenvalue weighted by molar-refractivity contribution is -0.122. The van der Waals surface area contributed by atoms with Crippen LogP contribution < -0.4 is 15.0 Å². The van der Waals surface area contributed by atoms with Crippen molar-refractivity contribution in [2.45, 2.75) is 6.92 Å². The minimum absolute atomic E-state index is 0.0158. The highest BCUT2D eigenvalue weighted by Gasteiger charge is 2.35. The van der Waals surface area contributed by atoms with Gasteiger partial charge in [0.1, 0.15) is 5.57 Å². The minimum atomic E-state index is -0.593. The summed E-state index contributed by atoms with van der Waals surface area (Å²) in [6.07, 6.45) is 1.42. The van der Waals surface area contributed by atoms with Gasteiger partial charge in [0.15, 0.2) is 16.6 Å². The third-order valence-corrected chi connectivity index (χ3v) is 5.47. The third kappa shape index (κ3) is 3.82. The normalized spacial score (nSPS) is 15.8. The molecule has 1 heterocycles. The fraction of sp³-hybridized carbons (Fsp3) is 0.105. The maximum atomic E-state index is 13.1. The number of rotatable bonds is 3. The Morgan fingerprint density at radius 2 is 1.93 bits per heavy atom. The summed E-state index contributed by atoms with van der Waals surface area (Å²) in [6, 6.07) is 8.50. The second-order valence-corrected chi connectivity index (χ2v) is 8.10. The van der Waals surface area contributed by atoms with E-state index in [1.54, 1.807) is 18.2 Å². The zero-order chi connectivity index (χ0) is 20.6. The number of nitrogens with one attached hydrogen (secondary N) is 1. The zero-order valence-corrected chi connectivity index (χ0v) is 18.7. The van der Waals surface area contributed by atoms with E-state index in [-0.39, 0.29) is 22.2 Å². The van der Waals surface area contributed by atoms with Crippen LogP contribution >= 0.6 is 44.1 Å². The Labute approximate surface area is 183 Å². The number of aryl methyl sites for hydroxylation is 1. The van der Waals surface area contributed by atoms with Crippen molar-refractivity contribution in [3.05, 3.63) is 56.0 Å². The van der Waals surface area contributed by atoms with E-state index in [1.807, 2.05) is 13.0 Å². The quantitative estimate of drug-likeness (QED) is 0.359. The van der Waals surface area contributed by atoms with Gasteiger partial charge in [-0.05, 0) is 82.6 Å². The van der Waals surface area contributed by atoms with Crippen molar-refractivity contribution >= 4 is 72.8 Å². The third-order valence-electron chi connectivity index (χ3n) is 4.08. The first kappa shape index (κ1) is 20.5. The van der Waals surface area contributed by atoms with E-state index in [9.17, 15) is 14.7 Å². The Kier molecular flexibility index (Phi) is 5.87. The molecule has 2 aromatic carbocycles. The van der Waals surface area contributed by atoms with Crippen LogP contribution in [0.5, 0.6) is 11.5 Å². The lowest BCUT2D eigenvalue weighted by Gasteiger charge is -2.30. The molecule has 0 saturated carbocycles. The number of nitrogens with zero attached hydrogens (tertiary/aromatic N) is 1. The minimum Gasteiger partial charge on any atom is -0.503 e. The molecule has 1 fully saturated rings. The van der Waals surface area contributed by atoms with Gasteiger partial charge in [-0.1, -0.05) is 15.9 Å². The van der Waals surface area contributed by atoms with E-state index >= 15 is 0 Å². The van der Waals surface area contributed by atoms with Gasteiger partial charge in [0, 0.05) is 4.47 Å². The van der Waals surface area contributed by atoms with E-state index in [4.69, 9.17) is 17.0 Å². The molecule has 1 aliphatic rings. The Morgan fingerprint density at radius 1 is 1.21 bits per heavy atom. The molecule has 0 aliphatic carbocycles. The number of aromatic hydroxyl groups is 1. The van der Waals surface area contributed by atoms with Crippen molar-refractivity contribution < 1.29 is 19.4 Å². The lowest BCUT2D eigenvalue weighted by Crippen LogP contribution is -2.54. The smallest absolute Gasteiger partial charge is 0.270 e. The van der Waals surface area contributed by atoms with Gasteiger partial charge in [0.25, 0.3) is 11.8 Å². The highest BCUT2D eigenvalue weighted by molar-refractivity contribution is 9.10. The summed E-state index contributed by atoms with van der Waals surface area (Å²) < 4.78 is 6.35. The summed E-state index contributed by atoms with van der Waals surface area (Å²) in [5.41, 5.74) is 1.80. The molecular formula is C19H14Br2N2O4S. The molecule has 0 bridgehead atoms. The molecule has 9 heteroatoms. The van der Waals surface area contributed by atoms with Crippen LogP contribution in [0.1, 0.15) is 11.1 Å². The summed E-state index contributed by atoms with van der Waals surface area (Å²) in [5.74, 6) is -0.995. The SMILES string of the molecule is COc1cc(C=C2C(=O)NC(=S)N(c3ccc(Br)cc3C)C2=O)cc(Br)c1O.